The third-order valence-corrected chi connectivity index (χ3v) is 5.95. The summed E-state index contributed by atoms with van der Waals surface area (Å²) in [5.74, 6) is 1.05. The monoisotopic (exact) mass is 396 g/mol. The maximum absolute atomic E-state index is 13.2. The molecular formula is C24H20N4O2. The van der Waals surface area contributed by atoms with Crippen molar-refractivity contribution in [2.75, 3.05) is 12.0 Å². The molecule has 0 aromatic heterocycles. The van der Waals surface area contributed by atoms with Crippen LogP contribution in [0.2, 0.25) is 0 Å². The smallest absolute Gasteiger partial charge is 0.161 e. The van der Waals surface area contributed by atoms with Crippen LogP contribution in [0.25, 0.3) is 0 Å². The summed E-state index contributed by atoms with van der Waals surface area (Å²) in [6.07, 6.45) is 1.97. The van der Waals surface area contributed by atoms with E-state index < -0.39 is 5.92 Å². The SMILES string of the molecule is COc1ccccc1C1C(C#N)=C2N=C(N)c3ccccc3N2C2=C1C(=O)CCC2. The van der Waals surface area contributed by atoms with Crippen molar-refractivity contribution in [3.8, 4) is 11.8 Å². The minimum Gasteiger partial charge on any atom is -0.496 e. The fourth-order valence-corrected chi connectivity index (χ4v) is 4.69. The summed E-state index contributed by atoms with van der Waals surface area (Å²) in [5, 5.41) is 10.2. The van der Waals surface area contributed by atoms with E-state index in [0.29, 0.717) is 35.0 Å². The largest absolute Gasteiger partial charge is 0.496 e. The van der Waals surface area contributed by atoms with Crippen molar-refractivity contribution in [3.63, 3.8) is 0 Å². The van der Waals surface area contributed by atoms with E-state index in [1.807, 2.05) is 53.4 Å². The summed E-state index contributed by atoms with van der Waals surface area (Å²) in [7, 11) is 1.60. The van der Waals surface area contributed by atoms with Gasteiger partial charge in [-0.15, -0.1) is 0 Å². The Kier molecular flexibility index (Phi) is 4.18. The second-order valence-electron chi connectivity index (χ2n) is 7.51. The molecule has 2 heterocycles. The standard InChI is InChI=1S/C24H20N4O2/c1-30-20-12-5-3-8-15(20)21-16(13-25)24-27-23(26)14-7-2-4-9-17(14)28(24)18-10-6-11-19(29)22(18)21/h2-5,7-9,12,21H,6,10-11H2,1H3,(H2,26,27). The molecule has 1 unspecified atom stereocenters. The molecule has 0 amide bonds. The van der Waals surface area contributed by atoms with Crippen molar-refractivity contribution in [1.82, 2.24) is 0 Å². The number of Topliss-reactive ketones (excluding diaryl/α,β-unsaturated/α-hetero) is 1. The maximum atomic E-state index is 13.2. The number of amidine groups is 1. The fourth-order valence-electron chi connectivity index (χ4n) is 4.69. The zero-order chi connectivity index (χ0) is 20.8. The highest BCUT2D eigenvalue weighted by Gasteiger charge is 2.43. The van der Waals surface area contributed by atoms with E-state index in [0.717, 1.165) is 35.4 Å². The number of nitrogens with zero attached hydrogens (tertiary/aromatic N) is 3. The van der Waals surface area contributed by atoms with Crippen molar-refractivity contribution in [2.45, 2.75) is 25.2 Å². The number of rotatable bonds is 2. The molecule has 6 nitrogen and oxygen atoms in total. The molecule has 0 spiro atoms. The summed E-state index contributed by atoms with van der Waals surface area (Å²) in [6.45, 7) is 0. The van der Waals surface area contributed by atoms with Crippen molar-refractivity contribution >= 4 is 17.3 Å². The van der Waals surface area contributed by atoms with Gasteiger partial charge in [-0.3, -0.25) is 9.69 Å². The highest BCUT2D eigenvalue weighted by atomic mass is 16.5. The third-order valence-electron chi connectivity index (χ3n) is 5.95. The lowest BCUT2D eigenvalue weighted by atomic mass is 9.75. The number of ether oxygens (including phenoxy) is 1. The van der Waals surface area contributed by atoms with Gasteiger partial charge in [0.15, 0.2) is 11.6 Å². The number of methoxy groups -OCH3 is 1. The van der Waals surface area contributed by atoms with Crippen LogP contribution in [0.15, 0.2) is 76.2 Å². The van der Waals surface area contributed by atoms with Gasteiger partial charge in [-0.05, 0) is 31.0 Å². The summed E-state index contributed by atoms with van der Waals surface area (Å²) >= 11 is 0. The molecule has 0 saturated heterocycles. The number of nitrogens with two attached hydrogens (primary N) is 1. The Morgan fingerprint density at radius 1 is 1.17 bits per heavy atom. The van der Waals surface area contributed by atoms with E-state index in [2.05, 4.69) is 11.1 Å². The number of nitriles is 1. The zero-order valence-corrected chi connectivity index (χ0v) is 16.6. The molecule has 2 aromatic rings. The van der Waals surface area contributed by atoms with Crippen molar-refractivity contribution < 1.29 is 9.53 Å². The van der Waals surface area contributed by atoms with E-state index in [-0.39, 0.29) is 5.78 Å². The molecule has 0 saturated carbocycles. The number of carbonyl (C=O) groups is 1. The van der Waals surface area contributed by atoms with Crippen LogP contribution in [-0.2, 0) is 4.79 Å². The van der Waals surface area contributed by atoms with Gasteiger partial charge in [-0.2, -0.15) is 5.26 Å². The lowest BCUT2D eigenvalue weighted by molar-refractivity contribution is -0.116. The summed E-state index contributed by atoms with van der Waals surface area (Å²) in [6, 6.07) is 17.6. The molecule has 30 heavy (non-hydrogen) atoms. The molecular weight excluding hydrogens is 376 g/mol. The minimum absolute atomic E-state index is 0.0685. The number of aliphatic imine (C=N–C) groups is 1. The summed E-state index contributed by atoms with van der Waals surface area (Å²) in [4.78, 5) is 19.8. The van der Waals surface area contributed by atoms with E-state index in [9.17, 15) is 10.1 Å². The number of carbonyl (C=O) groups excluding carboxylic acids is 1. The number of fused-ring (bicyclic) bond motifs is 4. The Balaban J connectivity index is 1.85. The van der Waals surface area contributed by atoms with Crippen LogP contribution in [0.1, 0.15) is 36.3 Å². The lowest BCUT2D eigenvalue weighted by Crippen LogP contribution is -2.39. The van der Waals surface area contributed by atoms with Crippen molar-refractivity contribution in [1.29, 1.82) is 5.26 Å². The molecule has 2 aliphatic heterocycles. The first-order valence-electron chi connectivity index (χ1n) is 9.92. The highest BCUT2D eigenvalue weighted by Crippen LogP contribution is 2.50. The average molecular weight is 396 g/mol. The second kappa shape index (κ2) is 6.89. The molecule has 148 valence electrons. The van der Waals surface area contributed by atoms with E-state index in [4.69, 9.17) is 10.5 Å². The number of allylic oxidation sites excluding steroid dienone is 3. The van der Waals surface area contributed by atoms with Gasteiger partial charge in [0, 0.05) is 28.8 Å². The van der Waals surface area contributed by atoms with Crippen LogP contribution in [-0.4, -0.2) is 18.7 Å². The van der Waals surface area contributed by atoms with Crippen LogP contribution in [0.4, 0.5) is 5.69 Å². The van der Waals surface area contributed by atoms with Gasteiger partial charge < -0.3 is 10.5 Å². The van der Waals surface area contributed by atoms with Gasteiger partial charge in [0.25, 0.3) is 0 Å². The Hall–Kier alpha value is -3.85. The summed E-state index contributed by atoms with van der Waals surface area (Å²) < 4.78 is 5.58. The second-order valence-corrected chi connectivity index (χ2v) is 7.51. The number of hydrogen-bond donors (Lipinski definition) is 1. The molecule has 2 aromatic carbocycles. The van der Waals surface area contributed by atoms with Gasteiger partial charge in [0.2, 0.25) is 0 Å². The number of hydrogen-bond acceptors (Lipinski definition) is 6. The zero-order valence-electron chi connectivity index (χ0n) is 16.6. The number of benzene rings is 2. The van der Waals surface area contributed by atoms with Gasteiger partial charge in [-0.25, -0.2) is 4.99 Å². The Morgan fingerprint density at radius 3 is 2.73 bits per heavy atom. The maximum Gasteiger partial charge on any atom is 0.161 e. The molecule has 6 heteroatoms. The Labute approximate surface area is 174 Å². The molecule has 5 rings (SSSR count). The predicted molar refractivity (Wildman–Crippen MR) is 114 cm³/mol. The first-order chi connectivity index (χ1) is 14.7. The van der Waals surface area contributed by atoms with Crippen molar-refractivity contribution in [2.24, 2.45) is 10.7 Å². The molecule has 3 aliphatic rings. The quantitative estimate of drug-likeness (QED) is 0.834. The third kappa shape index (κ3) is 2.49. The molecule has 1 atom stereocenters. The van der Waals surface area contributed by atoms with Gasteiger partial charge in [0.1, 0.15) is 11.6 Å². The van der Waals surface area contributed by atoms with E-state index in [1.165, 1.54) is 0 Å². The Morgan fingerprint density at radius 2 is 1.93 bits per heavy atom. The van der Waals surface area contributed by atoms with Crippen LogP contribution in [0, 0.1) is 11.3 Å². The van der Waals surface area contributed by atoms with Crippen molar-refractivity contribution in [3.05, 3.63) is 82.3 Å². The van der Waals surface area contributed by atoms with Crippen LogP contribution < -0.4 is 15.4 Å². The Bertz CT molecular complexity index is 1220. The lowest BCUT2D eigenvalue weighted by Gasteiger charge is -2.42. The van der Waals surface area contributed by atoms with E-state index in [1.54, 1.807) is 7.11 Å². The molecule has 0 bridgehead atoms. The molecule has 1 aliphatic carbocycles. The predicted octanol–water partition coefficient (Wildman–Crippen LogP) is 3.76. The topological polar surface area (TPSA) is 91.7 Å². The number of para-hydroxylation sites is 2. The minimum atomic E-state index is -0.526. The summed E-state index contributed by atoms with van der Waals surface area (Å²) in [5.41, 5.74) is 10.7. The molecule has 2 N–H and O–H groups in total. The van der Waals surface area contributed by atoms with Gasteiger partial charge >= 0.3 is 0 Å². The molecule has 0 radical (unpaired) electrons. The fraction of sp³-hybridized carbons (Fsp3) is 0.208. The van der Waals surface area contributed by atoms with E-state index >= 15 is 0 Å². The van der Waals surface area contributed by atoms with Gasteiger partial charge in [0.05, 0.1) is 30.4 Å². The van der Waals surface area contributed by atoms with Crippen LogP contribution in [0.5, 0.6) is 5.75 Å². The van der Waals surface area contributed by atoms with Gasteiger partial charge in [-0.1, -0.05) is 30.3 Å². The molecule has 0 fully saturated rings. The first kappa shape index (κ1) is 18.2. The highest BCUT2D eigenvalue weighted by molar-refractivity contribution is 6.08. The number of anilines is 1. The average Bonchev–Trinajstić information content (AvgIpc) is 2.78. The normalized spacial score (nSPS) is 20.1. The van der Waals surface area contributed by atoms with Crippen LogP contribution in [0.3, 0.4) is 0 Å². The van der Waals surface area contributed by atoms with Crippen LogP contribution >= 0.6 is 0 Å². The first-order valence-corrected chi connectivity index (χ1v) is 9.92. The number of ketones is 1.